The molecule has 0 bridgehead atoms. The van der Waals surface area contributed by atoms with Crippen LogP contribution >= 0.6 is 0 Å². The average molecular weight is 271 g/mol. The molecule has 3 rings (SSSR count). The van der Waals surface area contributed by atoms with Gasteiger partial charge in [-0.1, -0.05) is 6.07 Å². The minimum atomic E-state index is -0.454. The highest BCUT2D eigenvalue weighted by Gasteiger charge is 2.12. The van der Waals surface area contributed by atoms with Gasteiger partial charge in [0.1, 0.15) is 17.5 Å². The predicted molar refractivity (Wildman–Crippen MR) is 78.0 cm³/mol. The number of aromatic amines is 1. The molecule has 0 aliphatic heterocycles. The second-order valence-corrected chi connectivity index (χ2v) is 4.72. The van der Waals surface area contributed by atoms with Crippen LogP contribution in [0.1, 0.15) is 0 Å². The number of aromatic nitrogens is 3. The number of nitrogens with two attached hydrogens (primary N) is 1. The van der Waals surface area contributed by atoms with E-state index >= 15 is 0 Å². The third-order valence-corrected chi connectivity index (χ3v) is 3.10. The normalized spacial score (nSPS) is 10.9. The van der Waals surface area contributed by atoms with Crippen LogP contribution in [-0.2, 0) is 0 Å². The summed E-state index contributed by atoms with van der Waals surface area (Å²) >= 11 is 0. The van der Waals surface area contributed by atoms with Crippen LogP contribution in [0.5, 0.6) is 0 Å². The van der Waals surface area contributed by atoms with Gasteiger partial charge in [0, 0.05) is 19.7 Å². The van der Waals surface area contributed by atoms with Crippen molar-refractivity contribution < 1.29 is 4.39 Å². The van der Waals surface area contributed by atoms with Gasteiger partial charge in [0.2, 0.25) is 0 Å². The molecule has 0 saturated carbocycles. The summed E-state index contributed by atoms with van der Waals surface area (Å²) in [5.74, 6) is 0.869. The fraction of sp³-hybridized carbons (Fsp3) is 0.143. The Bertz CT molecular complexity index is 778. The number of hydrogen-bond donors (Lipinski definition) is 2. The molecule has 0 radical (unpaired) electrons. The lowest BCUT2D eigenvalue weighted by atomic mass is 10.1. The number of pyridine rings is 1. The molecule has 5 nitrogen and oxygen atoms in total. The van der Waals surface area contributed by atoms with E-state index in [1.54, 1.807) is 12.1 Å². The Morgan fingerprint density at radius 2 is 1.95 bits per heavy atom. The first kappa shape index (κ1) is 12.4. The molecule has 3 aromatic rings. The lowest BCUT2D eigenvalue weighted by molar-refractivity contribution is 0.633. The van der Waals surface area contributed by atoms with Gasteiger partial charge in [-0.15, -0.1) is 0 Å². The van der Waals surface area contributed by atoms with Crippen molar-refractivity contribution in [3.8, 4) is 11.4 Å². The molecule has 0 atom stereocenters. The van der Waals surface area contributed by atoms with Crippen molar-refractivity contribution in [2.45, 2.75) is 0 Å². The van der Waals surface area contributed by atoms with Crippen LogP contribution in [0.15, 0.2) is 30.3 Å². The Kier molecular flexibility index (Phi) is 2.78. The third kappa shape index (κ3) is 1.95. The van der Waals surface area contributed by atoms with Crippen molar-refractivity contribution >= 4 is 22.7 Å². The van der Waals surface area contributed by atoms with E-state index in [4.69, 9.17) is 5.73 Å². The van der Waals surface area contributed by atoms with E-state index in [0.717, 1.165) is 11.3 Å². The number of benzene rings is 1. The first-order chi connectivity index (χ1) is 9.56. The van der Waals surface area contributed by atoms with Gasteiger partial charge in [0.15, 0.2) is 5.65 Å². The van der Waals surface area contributed by atoms with Crippen LogP contribution in [0.4, 0.5) is 15.9 Å². The minimum Gasteiger partial charge on any atom is -0.396 e. The third-order valence-electron chi connectivity index (χ3n) is 3.10. The van der Waals surface area contributed by atoms with E-state index < -0.39 is 5.82 Å². The molecule has 1 aromatic carbocycles. The topological polar surface area (TPSA) is 70.8 Å². The van der Waals surface area contributed by atoms with Gasteiger partial charge in [-0.3, -0.25) is 0 Å². The van der Waals surface area contributed by atoms with E-state index in [9.17, 15) is 4.39 Å². The Hall–Kier alpha value is -2.63. The molecule has 2 heterocycles. The zero-order valence-electron chi connectivity index (χ0n) is 11.2. The summed E-state index contributed by atoms with van der Waals surface area (Å²) in [5, 5.41) is 0. The lowest BCUT2D eigenvalue weighted by Crippen LogP contribution is -2.10. The van der Waals surface area contributed by atoms with Crippen LogP contribution in [0.3, 0.4) is 0 Å². The van der Waals surface area contributed by atoms with E-state index in [1.165, 1.54) is 6.07 Å². The van der Waals surface area contributed by atoms with E-state index in [2.05, 4.69) is 15.0 Å². The highest BCUT2D eigenvalue weighted by atomic mass is 19.1. The SMILES string of the molecule is CN(C)c1ccc2[nH]c(-c3cccc(F)c3N)nc2n1. The maximum absolute atomic E-state index is 13.5. The fourth-order valence-electron chi connectivity index (χ4n) is 2.00. The van der Waals surface area contributed by atoms with Crippen LogP contribution in [0, 0.1) is 5.82 Å². The first-order valence-electron chi connectivity index (χ1n) is 6.14. The van der Waals surface area contributed by atoms with Crippen LogP contribution in [-0.4, -0.2) is 29.0 Å². The first-order valence-corrected chi connectivity index (χ1v) is 6.14. The van der Waals surface area contributed by atoms with E-state index in [0.29, 0.717) is 17.0 Å². The number of rotatable bonds is 2. The number of fused-ring (bicyclic) bond motifs is 1. The zero-order chi connectivity index (χ0) is 14.3. The molecule has 20 heavy (non-hydrogen) atoms. The van der Waals surface area contributed by atoms with Crippen molar-refractivity contribution in [1.82, 2.24) is 15.0 Å². The summed E-state index contributed by atoms with van der Waals surface area (Å²) in [6.07, 6.45) is 0. The molecule has 0 aliphatic rings. The van der Waals surface area contributed by atoms with E-state index in [1.807, 2.05) is 31.1 Å². The summed E-state index contributed by atoms with van der Waals surface area (Å²) in [6.45, 7) is 0. The van der Waals surface area contributed by atoms with Crippen molar-refractivity contribution in [3.63, 3.8) is 0 Å². The molecular formula is C14H14FN5. The maximum Gasteiger partial charge on any atom is 0.180 e. The Morgan fingerprint density at radius 1 is 1.15 bits per heavy atom. The smallest absolute Gasteiger partial charge is 0.180 e. The molecule has 102 valence electrons. The summed E-state index contributed by atoms with van der Waals surface area (Å²) in [6, 6.07) is 8.43. The lowest BCUT2D eigenvalue weighted by Gasteiger charge is -2.09. The fourth-order valence-corrected chi connectivity index (χ4v) is 2.00. The monoisotopic (exact) mass is 271 g/mol. The average Bonchev–Trinajstić information content (AvgIpc) is 2.84. The van der Waals surface area contributed by atoms with Crippen LogP contribution in [0.25, 0.3) is 22.6 Å². The predicted octanol–water partition coefficient (Wildman–Crippen LogP) is 2.41. The Labute approximate surface area is 115 Å². The Balaban J connectivity index is 2.15. The van der Waals surface area contributed by atoms with Gasteiger partial charge < -0.3 is 15.6 Å². The number of nitrogen functional groups attached to an aromatic ring is 1. The highest BCUT2D eigenvalue weighted by Crippen LogP contribution is 2.27. The molecule has 0 unspecified atom stereocenters. The van der Waals surface area contributed by atoms with Gasteiger partial charge in [-0.25, -0.2) is 14.4 Å². The molecule has 0 aliphatic carbocycles. The number of nitrogens with one attached hydrogen (secondary N) is 1. The second-order valence-electron chi connectivity index (χ2n) is 4.72. The zero-order valence-corrected chi connectivity index (χ0v) is 11.2. The molecule has 0 spiro atoms. The summed E-state index contributed by atoms with van der Waals surface area (Å²) in [4.78, 5) is 13.8. The van der Waals surface area contributed by atoms with Crippen molar-refractivity contribution in [2.75, 3.05) is 24.7 Å². The largest absolute Gasteiger partial charge is 0.396 e. The number of para-hydroxylation sites is 1. The van der Waals surface area contributed by atoms with Crippen molar-refractivity contribution in [1.29, 1.82) is 0 Å². The van der Waals surface area contributed by atoms with Gasteiger partial charge >= 0.3 is 0 Å². The quantitative estimate of drug-likeness (QED) is 0.702. The summed E-state index contributed by atoms with van der Waals surface area (Å²) < 4.78 is 13.5. The summed E-state index contributed by atoms with van der Waals surface area (Å²) in [7, 11) is 3.82. The molecule has 0 saturated heterocycles. The highest BCUT2D eigenvalue weighted by molar-refractivity contribution is 5.81. The minimum absolute atomic E-state index is 0.0828. The molecular weight excluding hydrogens is 257 g/mol. The van der Waals surface area contributed by atoms with Gasteiger partial charge in [0.05, 0.1) is 11.2 Å². The van der Waals surface area contributed by atoms with Crippen LogP contribution < -0.4 is 10.6 Å². The number of hydrogen-bond acceptors (Lipinski definition) is 4. The molecule has 0 fully saturated rings. The summed E-state index contributed by atoms with van der Waals surface area (Å²) in [5.41, 5.74) is 7.74. The molecule has 3 N–H and O–H groups in total. The molecule has 2 aromatic heterocycles. The molecule has 6 heteroatoms. The second kappa shape index (κ2) is 4.48. The maximum atomic E-state index is 13.5. The van der Waals surface area contributed by atoms with Crippen molar-refractivity contribution in [3.05, 3.63) is 36.1 Å². The van der Waals surface area contributed by atoms with Gasteiger partial charge in [0.25, 0.3) is 0 Å². The number of nitrogens with zero attached hydrogens (tertiary/aromatic N) is 3. The van der Waals surface area contributed by atoms with E-state index in [-0.39, 0.29) is 5.69 Å². The van der Waals surface area contributed by atoms with Crippen LogP contribution in [0.2, 0.25) is 0 Å². The Morgan fingerprint density at radius 3 is 2.70 bits per heavy atom. The standard InChI is InChI=1S/C14H14FN5/c1-20(2)11-7-6-10-14(18-11)19-13(17-10)8-4-3-5-9(15)12(8)16/h3-7H,16H2,1-2H3,(H,17,18,19). The number of anilines is 2. The number of halogens is 1. The number of imidazole rings is 1. The molecule has 0 amide bonds. The van der Waals surface area contributed by atoms with Gasteiger partial charge in [-0.2, -0.15) is 0 Å². The van der Waals surface area contributed by atoms with Crippen molar-refractivity contribution in [2.24, 2.45) is 0 Å². The number of H-pyrrole nitrogens is 1. The van der Waals surface area contributed by atoms with Gasteiger partial charge in [-0.05, 0) is 24.3 Å².